The van der Waals surface area contributed by atoms with Gasteiger partial charge in [0.15, 0.2) is 11.5 Å². The standard InChI is InChI=1S/C16H19N5O2/c1-2-11-5-7-12(8-6-11)15(22)17-14-13(18-20-19-14)16(23)21-9-3-4-10-21/h5-8H,2-4,9-10H2,1H3,(H2,17,18,19,20,22). The van der Waals surface area contributed by atoms with E-state index in [0.717, 1.165) is 37.9 Å². The minimum Gasteiger partial charge on any atom is -0.337 e. The molecule has 7 heteroatoms. The number of aromatic nitrogens is 3. The van der Waals surface area contributed by atoms with Crippen molar-refractivity contribution in [3.05, 3.63) is 41.1 Å². The van der Waals surface area contributed by atoms with E-state index in [4.69, 9.17) is 0 Å². The molecule has 0 spiro atoms. The van der Waals surface area contributed by atoms with Crippen LogP contribution in [0.2, 0.25) is 0 Å². The Kier molecular flexibility index (Phi) is 4.36. The van der Waals surface area contributed by atoms with Gasteiger partial charge in [-0.25, -0.2) is 0 Å². The van der Waals surface area contributed by atoms with Crippen molar-refractivity contribution in [3.8, 4) is 0 Å². The molecule has 3 rings (SSSR count). The highest BCUT2D eigenvalue weighted by atomic mass is 16.2. The maximum absolute atomic E-state index is 12.4. The summed E-state index contributed by atoms with van der Waals surface area (Å²) in [6.07, 6.45) is 2.91. The Labute approximate surface area is 134 Å². The van der Waals surface area contributed by atoms with Gasteiger partial charge in [0.2, 0.25) is 0 Å². The Hall–Kier alpha value is -2.70. The molecule has 2 N–H and O–H groups in total. The summed E-state index contributed by atoms with van der Waals surface area (Å²) < 4.78 is 0. The molecule has 1 aromatic carbocycles. The van der Waals surface area contributed by atoms with Gasteiger partial charge >= 0.3 is 0 Å². The number of likely N-dealkylation sites (tertiary alicyclic amines) is 1. The van der Waals surface area contributed by atoms with Crippen molar-refractivity contribution in [1.82, 2.24) is 20.3 Å². The number of rotatable bonds is 4. The van der Waals surface area contributed by atoms with E-state index >= 15 is 0 Å². The van der Waals surface area contributed by atoms with Gasteiger partial charge in [-0.3, -0.25) is 9.59 Å². The third-order valence-electron chi connectivity index (χ3n) is 4.00. The molecule has 0 bridgehead atoms. The molecule has 1 aliphatic rings. The highest BCUT2D eigenvalue weighted by Gasteiger charge is 2.25. The molecule has 0 atom stereocenters. The van der Waals surface area contributed by atoms with Gasteiger partial charge in [0.1, 0.15) is 0 Å². The van der Waals surface area contributed by atoms with Gasteiger partial charge in [-0.05, 0) is 37.0 Å². The van der Waals surface area contributed by atoms with E-state index in [1.54, 1.807) is 17.0 Å². The predicted octanol–water partition coefficient (Wildman–Crippen LogP) is 1.86. The van der Waals surface area contributed by atoms with Crippen molar-refractivity contribution in [2.24, 2.45) is 0 Å². The summed E-state index contributed by atoms with van der Waals surface area (Å²) in [4.78, 5) is 26.4. The molecule has 23 heavy (non-hydrogen) atoms. The lowest BCUT2D eigenvalue weighted by atomic mass is 10.1. The Morgan fingerprint density at radius 3 is 2.52 bits per heavy atom. The number of benzene rings is 1. The highest BCUT2D eigenvalue weighted by molar-refractivity contribution is 6.07. The summed E-state index contributed by atoms with van der Waals surface area (Å²) in [5.41, 5.74) is 1.84. The fourth-order valence-electron chi connectivity index (χ4n) is 2.61. The lowest BCUT2D eigenvalue weighted by Gasteiger charge is -2.13. The number of anilines is 1. The molecule has 2 aromatic rings. The number of H-pyrrole nitrogens is 1. The first-order valence-corrected chi connectivity index (χ1v) is 7.79. The van der Waals surface area contributed by atoms with Crippen LogP contribution in [0.15, 0.2) is 24.3 Å². The zero-order chi connectivity index (χ0) is 16.2. The van der Waals surface area contributed by atoms with Gasteiger partial charge in [-0.2, -0.15) is 5.21 Å². The van der Waals surface area contributed by atoms with Gasteiger partial charge in [0.05, 0.1) is 0 Å². The number of carbonyl (C=O) groups excluding carboxylic acids is 2. The van der Waals surface area contributed by atoms with Gasteiger partial charge in [-0.1, -0.05) is 19.1 Å². The lowest BCUT2D eigenvalue weighted by Crippen LogP contribution is -2.29. The number of hydrogen-bond acceptors (Lipinski definition) is 4. The number of nitrogens with one attached hydrogen (secondary N) is 2. The Balaban J connectivity index is 1.73. The maximum Gasteiger partial charge on any atom is 0.278 e. The van der Waals surface area contributed by atoms with E-state index in [1.165, 1.54) is 0 Å². The van der Waals surface area contributed by atoms with Gasteiger partial charge in [-0.15, -0.1) is 10.2 Å². The third kappa shape index (κ3) is 3.23. The number of carbonyl (C=O) groups is 2. The van der Waals surface area contributed by atoms with Crippen LogP contribution in [0.25, 0.3) is 0 Å². The predicted molar refractivity (Wildman–Crippen MR) is 85.3 cm³/mol. The monoisotopic (exact) mass is 313 g/mol. The summed E-state index contributed by atoms with van der Waals surface area (Å²) in [5, 5.41) is 12.9. The van der Waals surface area contributed by atoms with E-state index < -0.39 is 0 Å². The summed E-state index contributed by atoms with van der Waals surface area (Å²) in [7, 11) is 0. The van der Waals surface area contributed by atoms with Crippen LogP contribution in [0.3, 0.4) is 0 Å². The first-order chi connectivity index (χ1) is 11.2. The molecule has 1 saturated heterocycles. The first kappa shape index (κ1) is 15.2. The van der Waals surface area contributed by atoms with Crippen molar-refractivity contribution < 1.29 is 9.59 Å². The summed E-state index contributed by atoms with van der Waals surface area (Å²) in [6.45, 7) is 3.50. The topological polar surface area (TPSA) is 91.0 Å². The quantitative estimate of drug-likeness (QED) is 0.901. The Bertz CT molecular complexity index is 702. The highest BCUT2D eigenvalue weighted by Crippen LogP contribution is 2.17. The Morgan fingerprint density at radius 1 is 1.17 bits per heavy atom. The fraction of sp³-hybridized carbons (Fsp3) is 0.375. The number of aryl methyl sites for hydroxylation is 1. The zero-order valence-corrected chi connectivity index (χ0v) is 13.0. The molecule has 7 nitrogen and oxygen atoms in total. The molecular formula is C16H19N5O2. The average Bonchev–Trinajstić information content (AvgIpc) is 3.26. The zero-order valence-electron chi connectivity index (χ0n) is 13.0. The summed E-state index contributed by atoms with van der Waals surface area (Å²) >= 11 is 0. The normalized spacial score (nSPS) is 14.0. The molecule has 0 radical (unpaired) electrons. The molecule has 1 fully saturated rings. The van der Waals surface area contributed by atoms with E-state index in [-0.39, 0.29) is 23.3 Å². The minimum absolute atomic E-state index is 0.158. The van der Waals surface area contributed by atoms with Crippen molar-refractivity contribution >= 4 is 17.6 Å². The molecule has 2 heterocycles. The van der Waals surface area contributed by atoms with Gasteiger partial charge in [0, 0.05) is 18.7 Å². The number of aromatic amines is 1. The average molecular weight is 313 g/mol. The second-order valence-electron chi connectivity index (χ2n) is 5.52. The van der Waals surface area contributed by atoms with Crippen molar-refractivity contribution in [1.29, 1.82) is 0 Å². The number of hydrogen-bond donors (Lipinski definition) is 2. The maximum atomic E-state index is 12.4. The van der Waals surface area contributed by atoms with Gasteiger partial charge < -0.3 is 10.2 Å². The largest absolute Gasteiger partial charge is 0.337 e. The van der Waals surface area contributed by atoms with Crippen LogP contribution < -0.4 is 5.32 Å². The minimum atomic E-state index is -0.308. The fourth-order valence-corrected chi connectivity index (χ4v) is 2.61. The Morgan fingerprint density at radius 2 is 1.87 bits per heavy atom. The number of amides is 2. The van der Waals surface area contributed by atoms with E-state index in [2.05, 4.69) is 27.7 Å². The first-order valence-electron chi connectivity index (χ1n) is 7.79. The molecule has 120 valence electrons. The number of nitrogens with zero attached hydrogens (tertiary/aromatic N) is 3. The molecule has 1 aromatic heterocycles. The van der Waals surface area contributed by atoms with Crippen molar-refractivity contribution in [2.75, 3.05) is 18.4 Å². The second-order valence-corrected chi connectivity index (χ2v) is 5.52. The smallest absolute Gasteiger partial charge is 0.278 e. The van der Waals surface area contributed by atoms with Crippen LogP contribution >= 0.6 is 0 Å². The van der Waals surface area contributed by atoms with Crippen LogP contribution in [0.5, 0.6) is 0 Å². The van der Waals surface area contributed by atoms with Crippen LogP contribution in [-0.2, 0) is 6.42 Å². The SMILES string of the molecule is CCc1ccc(C(=O)Nc2n[nH]nc2C(=O)N2CCCC2)cc1. The molecule has 0 saturated carbocycles. The van der Waals surface area contributed by atoms with E-state index in [1.807, 2.05) is 12.1 Å². The second kappa shape index (κ2) is 6.60. The van der Waals surface area contributed by atoms with Crippen molar-refractivity contribution in [3.63, 3.8) is 0 Å². The van der Waals surface area contributed by atoms with Crippen molar-refractivity contribution in [2.45, 2.75) is 26.2 Å². The van der Waals surface area contributed by atoms with Gasteiger partial charge in [0.25, 0.3) is 11.8 Å². The molecule has 0 unspecified atom stereocenters. The van der Waals surface area contributed by atoms with Crippen LogP contribution in [0, 0.1) is 0 Å². The van der Waals surface area contributed by atoms with E-state index in [0.29, 0.717) is 5.56 Å². The third-order valence-corrected chi connectivity index (χ3v) is 4.00. The molecule has 1 aliphatic heterocycles. The molecular weight excluding hydrogens is 294 g/mol. The molecule has 0 aliphatic carbocycles. The summed E-state index contributed by atoms with van der Waals surface area (Å²) in [5.74, 6) is -0.337. The van der Waals surface area contributed by atoms with Crippen LogP contribution in [0.1, 0.15) is 46.2 Å². The lowest BCUT2D eigenvalue weighted by molar-refractivity contribution is 0.0788. The van der Waals surface area contributed by atoms with Crippen LogP contribution in [-0.4, -0.2) is 45.2 Å². The van der Waals surface area contributed by atoms with Crippen LogP contribution in [0.4, 0.5) is 5.82 Å². The molecule has 2 amide bonds. The van der Waals surface area contributed by atoms with E-state index in [9.17, 15) is 9.59 Å². The summed E-state index contributed by atoms with van der Waals surface area (Å²) in [6, 6.07) is 7.34.